The molecule has 0 fully saturated rings. The zero-order valence-electron chi connectivity index (χ0n) is 10.7. The van der Waals surface area contributed by atoms with Crippen molar-refractivity contribution in [2.45, 2.75) is 39.3 Å². The number of aromatic nitrogens is 2. The minimum absolute atomic E-state index is 0.347. The molecule has 6 heteroatoms. The molecule has 17 heavy (non-hydrogen) atoms. The number of likely N-dealkylation sites (N-methyl/N-ethyl adjacent to an activating group) is 1. The quantitative estimate of drug-likeness (QED) is 0.856. The second-order valence-corrected chi connectivity index (χ2v) is 5.20. The SMILES string of the molecule is CNC(C)(CCn1nc(C)c(Br)c1C)C(N)=O. The van der Waals surface area contributed by atoms with E-state index in [4.69, 9.17) is 5.73 Å². The minimum Gasteiger partial charge on any atom is -0.368 e. The van der Waals surface area contributed by atoms with E-state index in [0.717, 1.165) is 15.9 Å². The number of primary amides is 1. The van der Waals surface area contributed by atoms with Crippen LogP contribution in [0.2, 0.25) is 0 Å². The van der Waals surface area contributed by atoms with Gasteiger partial charge in [-0.3, -0.25) is 9.48 Å². The smallest absolute Gasteiger partial charge is 0.237 e. The fourth-order valence-electron chi connectivity index (χ4n) is 1.59. The topological polar surface area (TPSA) is 72.9 Å². The molecule has 1 amide bonds. The first-order valence-corrected chi connectivity index (χ1v) is 6.29. The molecule has 0 aliphatic rings. The number of nitrogens with one attached hydrogen (secondary N) is 1. The summed E-state index contributed by atoms with van der Waals surface area (Å²) in [7, 11) is 1.74. The Morgan fingerprint density at radius 2 is 2.18 bits per heavy atom. The van der Waals surface area contributed by atoms with Crippen LogP contribution in [0, 0.1) is 13.8 Å². The van der Waals surface area contributed by atoms with Crippen molar-refractivity contribution < 1.29 is 4.79 Å². The van der Waals surface area contributed by atoms with Crippen molar-refractivity contribution in [2.24, 2.45) is 5.73 Å². The van der Waals surface area contributed by atoms with Crippen molar-refractivity contribution in [2.75, 3.05) is 7.05 Å². The first kappa shape index (κ1) is 14.2. The molecule has 0 saturated carbocycles. The Labute approximate surface area is 110 Å². The average Bonchev–Trinajstić information content (AvgIpc) is 2.53. The summed E-state index contributed by atoms with van der Waals surface area (Å²) < 4.78 is 2.90. The Bertz CT molecular complexity index is 429. The maximum Gasteiger partial charge on any atom is 0.237 e. The van der Waals surface area contributed by atoms with Crippen LogP contribution in [-0.4, -0.2) is 28.3 Å². The van der Waals surface area contributed by atoms with Gasteiger partial charge in [-0.05, 0) is 50.2 Å². The number of amides is 1. The van der Waals surface area contributed by atoms with Crippen molar-refractivity contribution in [3.8, 4) is 0 Å². The van der Waals surface area contributed by atoms with Crippen LogP contribution in [0.3, 0.4) is 0 Å². The molecule has 1 aromatic heterocycles. The van der Waals surface area contributed by atoms with Gasteiger partial charge < -0.3 is 11.1 Å². The van der Waals surface area contributed by atoms with E-state index in [-0.39, 0.29) is 5.91 Å². The van der Waals surface area contributed by atoms with Crippen molar-refractivity contribution in [3.63, 3.8) is 0 Å². The molecule has 1 heterocycles. The number of hydrogen-bond donors (Lipinski definition) is 2. The van der Waals surface area contributed by atoms with Crippen LogP contribution >= 0.6 is 15.9 Å². The number of hydrogen-bond acceptors (Lipinski definition) is 3. The molecule has 1 aromatic rings. The zero-order valence-corrected chi connectivity index (χ0v) is 12.3. The first-order chi connectivity index (χ1) is 7.81. The standard InChI is InChI=1S/C11H19BrN4O/c1-7-9(12)8(2)16(15-7)6-5-11(3,14-4)10(13)17/h14H,5-6H2,1-4H3,(H2,13,17). The third-order valence-electron chi connectivity index (χ3n) is 3.21. The van der Waals surface area contributed by atoms with E-state index in [2.05, 4.69) is 26.3 Å². The molecule has 0 saturated heterocycles. The lowest BCUT2D eigenvalue weighted by Crippen LogP contribution is -2.52. The van der Waals surface area contributed by atoms with Gasteiger partial charge in [0.2, 0.25) is 5.91 Å². The highest BCUT2D eigenvalue weighted by Gasteiger charge is 2.28. The van der Waals surface area contributed by atoms with Gasteiger partial charge in [-0.1, -0.05) is 0 Å². The Balaban J connectivity index is 2.80. The zero-order chi connectivity index (χ0) is 13.2. The normalized spacial score (nSPS) is 14.6. The Morgan fingerprint density at radius 3 is 2.53 bits per heavy atom. The monoisotopic (exact) mass is 302 g/mol. The molecule has 96 valence electrons. The first-order valence-electron chi connectivity index (χ1n) is 5.50. The molecular weight excluding hydrogens is 284 g/mol. The van der Waals surface area contributed by atoms with E-state index in [1.54, 1.807) is 14.0 Å². The maximum absolute atomic E-state index is 11.4. The number of rotatable bonds is 5. The summed E-state index contributed by atoms with van der Waals surface area (Å²) in [5.74, 6) is -0.347. The molecule has 1 unspecified atom stereocenters. The number of carbonyl (C=O) groups excluding carboxylic acids is 1. The maximum atomic E-state index is 11.4. The van der Waals surface area contributed by atoms with E-state index in [0.29, 0.717) is 13.0 Å². The largest absolute Gasteiger partial charge is 0.368 e. The van der Waals surface area contributed by atoms with Crippen LogP contribution in [0.15, 0.2) is 4.47 Å². The highest BCUT2D eigenvalue weighted by molar-refractivity contribution is 9.10. The van der Waals surface area contributed by atoms with Gasteiger partial charge in [-0.25, -0.2) is 0 Å². The van der Waals surface area contributed by atoms with E-state index in [9.17, 15) is 4.79 Å². The molecule has 0 aliphatic heterocycles. The van der Waals surface area contributed by atoms with Gasteiger partial charge in [0, 0.05) is 12.2 Å². The number of nitrogens with two attached hydrogens (primary N) is 1. The van der Waals surface area contributed by atoms with Crippen LogP contribution in [0.5, 0.6) is 0 Å². The van der Waals surface area contributed by atoms with Crippen LogP contribution in [0.4, 0.5) is 0 Å². The van der Waals surface area contributed by atoms with Crippen molar-refractivity contribution >= 4 is 21.8 Å². The van der Waals surface area contributed by atoms with Crippen LogP contribution in [-0.2, 0) is 11.3 Å². The molecule has 3 N–H and O–H groups in total. The highest BCUT2D eigenvalue weighted by atomic mass is 79.9. The van der Waals surface area contributed by atoms with E-state index in [1.807, 2.05) is 18.5 Å². The predicted molar refractivity (Wildman–Crippen MR) is 70.7 cm³/mol. The molecule has 1 atom stereocenters. The lowest BCUT2D eigenvalue weighted by molar-refractivity contribution is -0.124. The molecule has 0 aliphatic carbocycles. The molecule has 0 spiro atoms. The van der Waals surface area contributed by atoms with Crippen LogP contribution in [0.25, 0.3) is 0 Å². The second-order valence-electron chi connectivity index (χ2n) is 4.40. The van der Waals surface area contributed by atoms with E-state index < -0.39 is 5.54 Å². The lowest BCUT2D eigenvalue weighted by Gasteiger charge is -2.25. The second kappa shape index (κ2) is 5.18. The average molecular weight is 303 g/mol. The molecular formula is C11H19BrN4O. The number of aryl methyl sites for hydroxylation is 2. The predicted octanol–water partition coefficient (Wildman–Crippen LogP) is 1.12. The molecule has 0 radical (unpaired) electrons. The number of nitrogens with zero attached hydrogens (tertiary/aromatic N) is 2. The van der Waals surface area contributed by atoms with Crippen LogP contribution < -0.4 is 11.1 Å². The number of carbonyl (C=O) groups is 1. The van der Waals surface area contributed by atoms with Gasteiger partial charge in [0.25, 0.3) is 0 Å². The Hall–Kier alpha value is -0.880. The summed E-state index contributed by atoms with van der Waals surface area (Å²) in [6.07, 6.45) is 0.604. The fourth-order valence-corrected chi connectivity index (χ4v) is 1.88. The summed E-state index contributed by atoms with van der Waals surface area (Å²) in [6.45, 7) is 6.39. The summed E-state index contributed by atoms with van der Waals surface area (Å²) in [5.41, 5.74) is 6.69. The molecule has 1 rings (SSSR count). The van der Waals surface area contributed by atoms with Crippen molar-refractivity contribution in [1.82, 2.24) is 15.1 Å². The minimum atomic E-state index is -0.696. The summed E-state index contributed by atoms with van der Waals surface area (Å²) in [4.78, 5) is 11.4. The Morgan fingerprint density at radius 1 is 1.59 bits per heavy atom. The lowest BCUT2D eigenvalue weighted by atomic mass is 9.97. The number of halogens is 1. The fraction of sp³-hybridized carbons (Fsp3) is 0.636. The van der Waals surface area contributed by atoms with Gasteiger partial charge in [0.15, 0.2) is 0 Å². The van der Waals surface area contributed by atoms with Crippen LogP contribution in [0.1, 0.15) is 24.7 Å². The third kappa shape index (κ3) is 2.87. The van der Waals surface area contributed by atoms with Gasteiger partial charge in [-0.2, -0.15) is 5.10 Å². The third-order valence-corrected chi connectivity index (χ3v) is 4.36. The Kier molecular flexibility index (Phi) is 4.32. The van der Waals surface area contributed by atoms with E-state index >= 15 is 0 Å². The summed E-state index contributed by atoms with van der Waals surface area (Å²) in [6, 6.07) is 0. The highest BCUT2D eigenvalue weighted by Crippen LogP contribution is 2.21. The summed E-state index contributed by atoms with van der Waals surface area (Å²) >= 11 is 3.48. The van der Waals surface area contributed by atoms with Gasteiger partial charge in [0.1, 0.15) is 0 Å². The van der Waals surface area contributed by atoms with Gasteiger partial charge >= 0.3 is 0 Å². The summed E-state index contributed by atoms with van der Waals surface area (Å²) in [5, 5.41) is 7.36. The molecule has 0 aromatic carbocycles. The van der Waals surface area contributed by atoms with Gasteiger partial charge in [0.05, 0.1) is 15.7 Å². The van der Waals surface area contributed by atoms with E-state index in [1.165, 1.54) is 0 Å². The van der Waals surface area contributed by atoms with Crippen molar-refractivity contribution in [3.05, 3.63) is 15.9 Å². The van der Waals surface area contributed by atoms with Gasteiger partial charge in [-0.15, -0.1) is 0 Å². The van der Waals surface area contributed by atoms with Crippen molar-refractivity contribution in [1.29, 1.82) is 0 Å². The molecule has 0 bridgehead atoms. The molecule has 5 nitrogen and oxygen atoms in total.